The molecular weight excluding hydrogens is 582 g/mol. The van der Waals surface area contributed by atoms with Gasteiger partial charge in [0, 0.05) is 19.3 Å². The van der Waals surface area contributed by atoms with E-state index in [0.717, 1.165) is 51.4 Å². The van der Waals surface area contributed by atoms with E-state index in [2.05, 4.69) is 38.2 Å². The van der Waals surface area contributed by atoms with E-state index in [0.29, 0.717) is 19.3 Å². The summed E-state index contributed by atoms with van der Waals surface area (Å²) in [4.78, 5) is 36.6. The van der Waals surface area contributed by atoms with Crippen LogP contribution in [0.15, 0.2) is 24.3 Å². The zero-order chi connectivity index (χ0) is 34.3. The molecule has 0 aliphatic rings. The van der Waals surface area contributed by atoms with E-state index >= 15 is 0 Å². The molecule has 0 aliphatic carbocycles. The van der Waals surface area contributed by atoms with Crippen molar-refractivity contribution in [2.75, 3.05) is 41.0 Å². The molecule has 0 rings (SSSR count). The lowest BCUT2D eigenvalue weighted by atomic mass is 10.1. The third-order valence-electron chi connectivity index (χ3n) is 8.13. The van der Waals surface area contributed by atoms with Crippen molar-refractivity contribution in [1.82, 2.24) is 0 Å². The Kier molecular flexibility index (Phi) is 28.7. The predicted octanol–water partition coefficient (Wildman–Crippen LogP) is 8.96. The van der Waals surface area contributed by atoms with Gasteiger partial charge in [0.15, 0.2) is 12.1 Å². The second-order valence-corrected chi connectivity index (χ2v) is 13.5. The molecule has 0 heterocycles. The average molecular weight is 653 g/mol. The smallest absolute Gasteiger partial charge is 0.362 e. The van der Waals surface area contributed by atoms with Crippen molar-refractivity contribution in [2.24, 2.45) is 0 Å². The fraction of sp³-hybridized carbons (Fsp3) is 0.816. The van der Waals surface area contributed by atoms with Crippen molar-refractivity contribution in [2.45, 2.75) is 161 Å². The number of carboxylic acids is 1. The van der Waals surface area contributed by atoms with Crippen LogP contribution in [0.1, 0.15) is 149 Å². The van der Waals surface area contributed by atoms with Gasteiger partial charge < -0.3 is 23.8 Å². The first kappa shape index (κ1) is 43.8. The number of unbranched alkanes of at least 4 members (excludes halogenated alkanes) is 15. The number of carbonyl (C=O) groups is 3. The molecule has 0 aliphatic heterocycles. The summed E-state index contributed by atoms with van der Waals surface area (Å²) in [7, 11) is 5.50. The molecular formula is C38H70NO7+. The normalized spacial score (nSPS) is 13.3. The van der Waals surface area contributed by atoms with Gasteiger partial charge >= 0.3 is 17.9 Å². The van der Waals surface area contributed by atoms with Gasteiger partial charge in [-0.05, 0) is 32.1 Å². The number of ether oxygens (including phenoxy) is 3. The van der Waals surface area contributed by atoms with E-state index in [1.165, 1.54) is 64.2 Å². The number of carboxylic acid groups (broad SMARTS) is 1. The van der Waals surface area contributed by atoms with Crippen LogP contribution >= 0.6 is 0 Å². The van der Waals surface area contributed by atoms with Crippen molar-refractivity contribution in [3.8, 4) is 0 Å². The van der Waals surface area contributed by atoms with Gasteiger partial charge in [-0.1, -0.05) is 122 Å². The summed E-state index contributed by atoms with van der Waals surface area (Å²) in [6.07, 6.45) is 29.3. The molecule has 0 aromatic heterocycles. The first-order chi connectivity index (χ1) is 22.1. The van der Waals surface area contributed by atoms with Gasteiger partial charge in [-0.2, -0.15) is 0 Å². The number of hydrogen-bond acceptors (Lipinski definition) is 6. The highest BCUT2D eigenvalue weighted by molar-refractivity contribution is 5.72. The summed E-state index contributed by atoms with van der Waals surface area (Å²) < 4.78 is 17.1. The maximum atomic E-state index is 12.6. The number of quaternary nitrogens is 1. The van der Waals surface area contributed by atoms with Gasteiger partial charge in [0.05, 0.1) is 34.4 Å². The Morgan fingerprint density at radius 3 is 1.70 bits per heavy atom. The molecule has 0 bridgehead atoms. The third-order valence-corrected chi connectivity index (χ3v) is 8.13. The molecule has 268 valence electrons. The van der Waals surface area contributed by atoms with Crippen LogP contribution in [0.4, 0.5) is 0 Å². The number of carbonyl (C=O) groups excluding carboxylic acids is 2. The second kappa shape index (κ2) is 30.2. The maximum absolute atomic E-state index is 12.6. The van der Waals surface area contributed by atoms with Crippen molar-refractivity contribution in [1.29, 1.82) is 0 Å². The molecule has 1 N–H and O–H groups in total. The first-order valence-electron chi connectivity index (χ1n) is 18.4. The molecule has 0 saturated carbocycles. The third kappa shape index (κ3) is 28.1. The predicted molar refractivity (Wildman–Crippen MR) is 188 cm³/mol. The monoisotopic (exact) mass is 653 g/mol. The van der Waals surface area contributed by atoms with Crippen LogP contribution in [0.2, 0.25) is 0 Å². The van der Waals surface area contributed by atoms with Crippen molar-refractivity contribution >= 4 is 17.9 Å². The summed E-state index contributed by atoms with van der Waals surface area (Å²) in [5.74, 6) is -1.50. The fourth-order valence-corrected chi connectivity index (χ4v) is 5.18. The number of rotatable bonds is 32. The largest absolute Gasteiger partial charge is 0.477 e. The van der Waals surface area contributed by atoms with Gasteiger partial charge in [-0.3, -0.25) is 9.59 Å². The lowest BCUT2D eigenvalue weighted by Gasteiger charge is -2.31. The van der Waals surface area contributed by atoms with Crippen molar-refractivity contribution < 1.29 is 38.2 Å². The number of esters is 2. The number of allylic oxidation sites excluding steroid dienone is 4. The standard InChI is InChI=1S/C38H69NO7/c1-6-8-10-12-14-16-18-20-22-24-26-28-36(40)45-33-34(32-44-31-30-35(38(42)43)39(3,4)5)46-37(41)29-27-25-23-21-19-17-15-13-11-9-7-2/h12,14,16,18,34-35H,6-11,13,15,17,19-33H2,1-5H3/p+1/b14-12+,18-16+. The zero-order valence-electron chi connectivity index (χ0n) is 30.3. The molecule has 0 saturated heterocycles. The Balaban J connectivity index is 4.49. The molecule has 0 spiro atoms. The van der Waals surface area contributed by atoms with Gasteiger partial charge in [-0.25, -0.2) is 4.79 Å². The minimum absolute atomic E-state index is 0.0555. The van der Waals surface area contributed by atoms with E-state index in [-0.39, 0.29) is 36.2 Å². The van der Waals surface area contributed by atoms with Crippen LogP contribution in [-0.4, -0.2) is 80.6 Å². The molecule has 0 amide bonds. The van der Waals surface area contributed by atoms with Gasteiger partial charge in [0.25, 0.3) is 0 Å². The van der Waals surface area contributed by atoms with Crippen LogP contribution in [0.3, 0.4) is 0 Å². The summed E-state index contributed by atoms with van der Waals surface area (Å²) in [6, 6.07) is -0.613. The Morgan fingerprint density at radius 1 is 0.652 bits per heavy atom. The first-order valence-corrected chi connectivity index (χ1v) is 18.4. The van der Waals surface area contributed by atoms with E-state index in [9.17, 15) is 19.5 Å². The van der Waals surface area contributed by atoms with E-state index in [1.807, 2.05) is 21.1 Å². The second-order valence-electron chi connectivity index (χ2n) is 13.5. The Bertz CT molecular complexity index is 818. The number of nitrogens with zero attached hydrogens (tertiary/aromatic N) is 1. The highest BCUT2D eigenvalue weighted by Crippen LogP contribution is 2.13. The topological polar surface area (TPSA) is 99.1 Å². The summed E-state index contributed by atoms with van der Waals surface area (Å²) >= 11 is 0. The van der Waals surface area contributed by atoms with Crippen LogP contribution in [-0.2, 0) is 28.6 Å². The summed E-state index contributed by atoms with van der Waals surface area (Å²) in [5, 5.41) is 9.56. The van der Waals surface area contributed by atoms with E-state index in [4.69, 9.17) is 14.2 Å². The molecule has 0 fully saturated rings. The maximum Gasteiger partial charge on any atom is 0.362 e. The van der Waals surface area contributed by atoms with Crippen LogP contribution in [0, 0.1) is 0 Å². The molecule has 0 radical (unpaired) electrons. The lowest BCUT2D eigenvalue weighted by molar-refractivity contribution is -0.887. The molecule has 8 nitrogen and oxygen atoms in total. The van der Waals surface area contributed by atoms with Gasteiger partial charge in [0.1, 0.15) is 6.61 Å². The fourth-order valence-electron chi connectivity index (χ4n) is 5.18. The Morgan fingerprint density at radius 2 is 1.15 bits per heavy atom. The number of hydrogen-bond donors (Lipinski definition) is 1. The minimum Gasteiger partial charge on any atom is -0.477 e. The van der Waals surface area contributed by atoms with Crippen LogP contribution < -0.4 is 0 Å². The molecule has 2 atom stereocenters. The van der Waals surface area contributed by atoms with Gasteiger partial charge in [-0.15, -0.1) is 0 Å². The molecule has 0 aromatic carbocycles. The number of aliphatic carboxylic acids is 1. The highest BCUT2D eigenvalue weighted by atomic mass is 16.6. The quantitative estimate of drug-likeness (QED) is 0.0335. The molecule has 8 heteroatoms. The average Bonchev–Trinajstić information content (AvgIpc) is 3.00. The molecule has 2 unspecified atom stereocenters. The van der Waals surface area contributed by atoms with Gasteiger partial charge in [0.2, 0.25) is 0 Å². The lowest BCUT2D eigenvalue weighted by Crippen LogP contribution is -2.50. The van der Waals surface area contributed by atoms with Crippen molar-refractivity contribution in [3.05, 3.63) is 24.3 Å². The van der Waals surface area contributed by atoms with Crippen LogP contribution in [0.5, 0.6) is 0 Å². The zero-order valence-corrected chi connectivity index (χ0v) is 30.3. The minimum atomic E-state index is -0.879. The number of likely N-dealkylation sites (N-methyl/N-ethyl adjacent to an activating group) is 1. The summed E-state index contributed by atoms with van der Waals surface area (Å²) in [6.45, 7) is 4.63. The summed E-state index contributed by atoms with van der Waals surface area (Å²) in [5.41, 5.74) is 0. The SMILES string of the molecule is CCCC/C=C/C=C/CCCCCC(=O)OCC(COCCC(C(=O)O)[N+](C)(C)C)OC(=O)CCCCCCCCCCCCC. The molecule has 0 aromatic rings. The highest BCUT2D eigenvalue weighted by Gasteiger charge is 2.31. The van der Waals surface area contributed by atoms with E-state index in [1.54, 1.807) is 0 Å². The van der Waals surface area contributed by atoms with E-state index < -0.39 is 18.1 Å². The Labute approximate surface area is 281 Å². The van der Waals surface area contributed by atoms with Crippen molar-refractivity contribution in [3.63, 3.8) is 0 Å². The Hall–Kier alpha value is -2.19. The molecule has 46 heavy (non-hydrogen) atoms. The van der Waals surface area contributed by atoms with Crippen LogP contribution in [0.25, 0.3) is 0 Å².